The van der Waals surface area contributed by atoms with Crippen LogP contribution in [0.15, 0.2) is 35.2 Å². The molecule has 2 saturated heterocycles. The number of nitrogens with zero attached hydrogens (tertiary/aromatic N) is 5. The van der Waals surface area contributed by atoms with Crippen molar-refractivity contribution >= 4 is 17.6 Å². The number of amides is 2. The van der Waals surface area contributed by atoms with Gasteiger partial charge in [0.25, 0.3) is 11.8 Å². The van der Waals surface area contributed by atoms with Crippen molar-refractivity contribution in [1.82, 2.24) is 19.8 Å². The molecule has 2 amide bonds. The summed E-state index contributed by atoms with van der Waals surface area (Å²) >= 11 is 0. The quantitative estimate of drug-likeness (QED) is 0.818. The summed E-state index contributed by atoms with van der Waals surface area (Å²) in [5.74, 6) is 0.879. The van der Waals surface area contributed by atoms with E-state index in [1.54, 1.807) is 34.3 Å². The van der Waals surface area contributed by atoms with Crippen LogP contribution in [0.3, 0.4) is 0 Å². The molecule has 142 valence electrons. The number of piperazine rings is 1. The predicted octanol–water partition coefficient (Wildman–Crippen LogP) is 1.66. The summed E-state index contributed by atoms with van der Waals surface area (Å²) in [4.78, 5) is 39.4. The van der Waals surface area contributed by atoms with Crippen molar-refractivity contribution in [3.05, 3.63) is 42.2 Å². The molecule has 4 heterocycles. The van der Waals surface area contributed by atoms with Gasteiger partial charge in [0, 0.05) is 39.3 Å². The first-order valence-corrected chi connectivity index (χ1v) is 9.41. The van der Waals surface area contributed by atoms with E-state index in [0.717, 1.165) is 18.9 Å². The maximum atomic E-state index is 12.7. The third-order valence-electron chi connectivity index (χ3n) is 5.12. The zero-order valence-corrected chi connectivity index (χ0v) is 15.2. The van der Waals surface area contributed by atoms with Crippen molar-refractivity contribution in [3.63, 3.8) is 0 Å². The highest BCUT2D eigenvalue weighted by Crippen LogP contribution is 2.17. The molecule has 2 aliphatic rings. The molecule has 0 spiro atoms. The highest BCUT2D eigenvalue weighted by molar-refractivity contribution is 5.93. The molecular weight excluding hydrogens is 346 g/mol. The Morgan fingerprint density at radius 3 is 2.15 bits per heavy atom. The van der Waals surface area contributed by atoms with Gasteiger partial charge in [0.1, 0.15) is 11.5 Å². The van der Waals surface area contributed by atoms with E-state index in [0.29, 0.717) is 37.6 Å². The first-order valence-electron chi connectivity index (χ1n) is 9.41. The standard InChI is InChI=1S/C19H23N5O3/c25-18(15-13-21-17(14-20-15)22-6-2-1-3-7-22)23-8-10-24(11-9-23)19(26)16-5-4-12-27-16/h4-5,12-14H,1-3,6-11H2. The van der Waals surface area contributed by atoms with Gasteiger partial charge in [-0.15, -0.1) is 0 Å². The Morgan fingerprint density at radius 1 is 0.852 bits per heavy atom. The number of hydrogen-bond acceptors (Lipinski definition) is 6. The topological polar surface area (TPSA) is 82.8 Å². The Balaban J connectivity index is 1.34. The molecule has 0 aliphatic carbocycles. The van der Waals surface area contributed by atoms with E-state index < -0.39 is 0 Å². The maximum Gasteiger partial charge on any atom is 0.289 e. The van der Waals surface area contributed by atoms with Crippen molar-refractivity contribution in [3.8, 4) is 0 Å². The van der Waals surface area contributed by atoms with Gasteiger partial charge in [-0.1, -0.05) is 0 Å². The molecule has 2 aromatic rings. The molecule has 4 rings (SSSR count). The zero-order valence-electron chi connectivity index (χ0n) is 15.2. The number of carbonyl (C=O) groups excluding carboxylic acids is 2. The smallest absolute Gasteiger partial charge is 0.289 e. The monoisotopic (exact) mass is 369 g/mol. The third kappa shape index (κ3) is 3.79. The second-order valence-corrected chi connectivity index (χ2v) is 6.87. The summed E-state index contributed by atoms with van der Waals surface area (Å²) in [6.07, 6.45) is 8.34. The molecule has 2 aromatic heterocycles. The van der Waals surface area contributed by atoms with Crippen molar-refractivity contribution in [2.45, 2.75) is 19.3 Å². The van der Waals surface area contributed by atoms with Crippen molar-refractivity contribution in [1.29, 1.82) is 0 Å². The van der Waals surface area contributed by atoms with E-state index in [9.17, 15) is 9.59 Å². The van der Waals surface area contributed by atoms with E-state index in [2.05, 4.69) is 14.9 Å². The Morgan fingerprint density at radius 2 is 1.56 bits per heavy atom. The first kappa shape index (κ1) is 17.5. The third-order valence-corrected chi connectivity index (χ3v) is 5.12. The number of hydrogen-bond donors (Lipinski definition) is 0. The SMILES string of the molecule is O=C(c1cnc(N2CCCCC2)cn1)N1CCN(C(=O)c2ccco2)CC1. The number of furan rings is 1. The van der Waals surface area contributed by atoms with Crippen LogP contribution in [0.5, 0.6) is 0 Å². The molecule has 2 aliphatic heterocycles. The fraction of sp³-hybridized carbons (Fsp3) is 0.474. The highest BCUT2D eigenvalue weighted by Gasteiger charge is 2.27. The van der Waals surface area contributed by atoms with Crippen molar-refractivity contribution < 1.29 is 14.0 Å². The average molecular weight is 369 g/mol. The van der Waals surface area contributed by atoms with Gasteiger partial charge < -0.3 is 19.1 Å². The summed E-state index contributed by atoms with van der Waals surface area (Å²) < 4.78 is 5.16. The maximum absolute atomic E-state index is 12.7. The molecule has 0 bridgehead atoms. The predicted molar refractivity (Wildman–Crippen MR) is 98.6 cm³/mol. The van der Waals surface area contributed by atoms with E-state index in [1.165, 1.54) is 25.5 Å². The van der Waals surface area contributed by atoms with Crippen LogP contribution in [0.4, 0.5) is 5.82 Å². The van der Waals surface area contributed by atoms with Crippen molar-refractivity contribution in [2.75, 3.05) is 44.2 Å². The minimum Gasteiger partial charge on any atom is -0.459 e. The Kier molecular flexibility index (Phi) is 5.04. The lowest BCUT2D eigenvalue weighted by Crippen LogP contribution is -2.50. The highest BCUT2D eigenvalue weighted by atomic mass is 16.3. The van der Waals surface area contributed by atoms with Crippen molar-refractivity contribution in [2.24, 2.45) is 0 Å². The number of rotatable bonds is 3. The second-order valence-electron chi connectivity index (χ2n) is 6.87. The molecular formula is C19H23N5O3. The number of anilines is 1. The number of aromatic nitrogens is 2. The normalized spacial score (nSPS) is 17.9. The lowest BCUT2D eigenvalue weighted by atomic mass is 10.1. The fourth-order valence-corrected chi connectivity index (χ4v) is 3.55. The second kappa shape index (κ2) is 7.77. The van der Waals surface area contributed by atoms with Gasteiger partial charge in [0.15, 0.2) is 5.76 Å². The molecule has 8 nitrogen and oxygen atoms in total. The van der Waals surface area contributed by atoms with Crippen LogP contribution in [-0.4, -0.2) is 70.9 Å². The zero-order chi connectivity index (χ0) is 18.6. The van der Waals surface area contributed by atoms with Crippen LogP contribution in [0.1, 0.15) is 40.3 Å². The molecule has 0 unspecified atom stereocenters. The van der Waals surface area contributed by atoms with E-state index in [-0.39, 0.29) is 11.8 Å². The molecule has 0 aromatic carbocycles. The number of piperidine rings is 1. The van der Waals surface area contributed by atoms with Crippen LogP contribution in [0.2, 0.25) is 0 Å². The van der Waals surface area contributed by atoms with Crippen LogP contribution in [0, 0.1) is 0 Å². The van der Waals surface area contributed by atoms with Gasteiger partial charge in [-0.3, -0.25) is 9.59 Å². The summed E-state index contributed by atoms with van der Waals surface area (Å²) in [5, 5.41) is 0. The van der Waals surface area contributed by atoms with E-state index in [1.807, 2.05) is 0 Å². The molecule has 2 fully saturated rings. The van der Waals surface area contributed by atoms with Gasteiger partial charge in [-0.2, -0.15) is 0 Å². The van der Waals surface area contributed by atoms with Gasteiger partial charge in [0.2, 0.25) is 0 Å². The summed E-state index contributed by atoms with van der Waals surface area (Å²) in [6.45, 7) is 3.89. The fourth-order valence-electron chi connectivity index (χ4n) is 3.55. The molecule has 0 radical (unpaired) electrons. The molecule has 0 saturated carbocycles. The van der Waals surface area contributed by atoms with Crippen LogP contribution in [-0.2, 0) is 0 Å². The number of carbonyl (C=O) groups is 2. The Hall–Kier alpha value is -2.90. The lowest BCUT2D eigenvalue weighted by molar-refractivity contribution is 0.0515. The molecule has 0 N–H and O–H groups in total. The van der Waals surface area contributed by atoms with Gasteiger partial charge >= 0.3 is 0 Å². The minimum atomic E-state index is -0.141. The van der Waals surface area contributed by atoms with E-state index in [4.69, 9.17) is 4.42 Å². The largest absolute Gasteiger partial charge is 0.459 e. The molecule has 8 heteroatoms. The van der Waals surface area contributed by atoms with Crippen LogP contribution >= 0.6 is 0 Å². The van der Waals surface area contributed by atoms with Gasteiger partial charge in [0.05, 0.1) is 18.7 Å². The first-order chi connectivity index (χ1) is 13.2. The Bertz CT molecular complexity index is 776. The summed E-state index contributed by atoms with van der Waals surface area (Å²) in [5.41, 5.74) is 0.349. The average Bonchev–Trinajstić information content (AvgIpc) is 3.28. The lowest BCUT2D eigenvalue weighted by Gasteiger charge is -2.34. The Labute approximate surface area is 157 Å². The molecule has 0 atom stereocenters. The molecule has 27 heavy (non-hydrogen) atoms. The summed E-state index contributed by atoms with van der Waals surface area (Å²) in [6, 6.07) is 3.35. The van der Waals surface area contributed by atoms with Gasteiger partial charge in [-0.25, -0.2) is 9.97 Å². The van der Waals surface area contributed by atoms with Crippen LogP contribution in [0.25, 0.3) is 0 Å². The minimum absolute atomic E-state index is 0.141. The summed E-state index contributed by atoms with van der Waals surface area (Å²) in [7, 11) is 0. The van der Waals surface area contributed by atoms with Crippen LogP contribution < -0.4 is 4.90 Å². The van der Waals surface area contributed by atoms with E-state index >= 15 is 0 Å². The van der Waals surface area contributed by atoms with Gasteiger partial charge in [-0.05, 0) is 31.4 Å².